The molecule has 48 heavy (non-hydrogen) atoms. The first-order chi connectivity index (χ1) is 23.7. The van der Waals surface area contributed by atoms with Crippen LogP contribution in [0.25, 0.3) is 55.0 Å². The molecule has 6 rings (SSSR count). The van der Waals surface area contributed by atoms with Gasteiger partial charge in [-0.15, -0.1) is 0 Å². The minimum absolute atomic E-state index is 0.601. The van der Waals surface area contributed by atoms with E-state index in [0.717, 1.165) is 51.7 Å². The van der Waals surface area contributed by atoms with E-state index < -0.39 is 0 Å². The predicted molar refractivity (Wildman–Crippen MR) is 207 cm³/mol. The largest absolute Gasteiger partial charge is 0.337 e. The van der Waals surface area contributed by atoms with Crippen molar-refractivity contribution in [1.82, 2.24) is 9.55 Å². The molecule has 6 aromatic rings. The van der Waals surface area contributed by atoms with E-state index in [1.807, 2.05) is 54.8 Å². The Kier molecular flexibility index (Phi) is 10.2. The fourth-order valence-corrected chi connectivity index (χ4v) is 5.90. The van der Waals surface area contributed by atoms with Crippen molar-refractivity contribution in [2.45, 2.75) is 13.0 Å². The van der Waals surface area contributed by atoms with E-state index in [0.29, 0.717) is 12.4 Å². The Balaban J connectivity index is 1.45. The van der Waals surface area contributed by atoms with E-state index in [4.69, 9.17) is 9.98 Å². The lowest BCUT2D eigenvalue weighted by molar-refractivity contribution is 0.899. The molecule has 0 N–H and O–H groups in total. The Bertz CT molecular complexity index is 2280. The van der Waals surface area contributed by atoms with Crippen molar-refractivity contribution in [2.24, 2.45) is 15.0 Å². The summed E-state index contributed by atoms with van der Waals surface area (Å²) in [5.41, 5.74) is 8.50. The van der Waals surface area contributed by atoms with E-state index in [9.17, 15) is 0 Å². The highest BCUT2D eigenvalue weighted by molar-refractivity contribution is 6.10. The molecule has 2 aromatic heterocycles. The third-order valence-corrected chi connectivity index (χ3v) is 8.15. The van der Waals surface area contributed by atoms with Gasteiger partial charge in [0.15, 0.2) is 5.84 Å². The zero-order valence-corrected chi connectivity index (χ0v) is 26.9. The number of aromatic nitrogens is 2. The number of para-hydroxylation sites is 2. The summed E-state index contributed by atoms with van der Waals surface area (Å²) >= 11 is 0. The monoisotopic (exact) mass is 623 g/mol. The van der Waals surface area contributed by atoms with Gasteiger partial charge in [0.2, 0.25) is 0 Å². The van der Waals surface area contributed by atoms with E-state index in [-0.39, 0.29) is 0 Å². The van der Waals surface area contributed by atoms with Crippen molar-refractivity contribution in [2.75, 3.05) is 6.54 Å². The van der Waals surface area contributed by atoms with E-state index >= 15 is 0 Å². The molecule has 0 aliphatic carbocycles. The number of pyridine rings is 1. The van der Waals surface area contributed by atoms with E-state index in [1.165, 1.54) is 21.8 Å². The zero-order valence-electron chi connectivity index (χ0n) is 26.9. The van der Waals surface area contributed by atoms with Crippen LogP contribution in [0.4, 0.5) is 0 Å². The molecule has 4 aromatic carbocycles. The van der Waals surface area contributed by atoms with Gasteiger partial charge in [-0.2, -0.15) is 0 Å². The average Bonchev–Trinajstić information content (AvgIpc) is 3.45. The van der Waals surface area contributed by atoms with Crippen LogP contribution in [0.1, 0.15) is 12.0 Å². The minimum Gasteiger partial charge on any atom is -0.337 e. The van der Waals surface area contributed by atoms with Crippen molar-refractivity contribution in [3.05, 3.63) is 164 Å². The molecule has 0 bridgehead atoms. The summed E-state index contributed by atoms with van der Waals surface area (Å²) in [7, 11) is 0. The van der Waals surface area contributed by atoms with Crippen LogP contribution < -0.4 is 0 Å². The molecule has 0 saturated carbocycles. The number of fused-ring (bicyclic) bond motifs is 4. The Morgan fingerprint density at radius 2 is 1.50 bits per heavy atom. The molecule has 0 aliphatic heterocycles. The molecule has 0 fully saturated rings. The minimum atomic E-state index is 0.601. The fraction of sp³-hybridized carbons (Fsp3) is 0.0698. The van der Waals surface area contributed by atoms with Crippen LogP contribution in [0.5, 0.6) is 0 Å². The first kappa shape index (κ1) is 31.8. The maximum Gasteiger partial charge on any atom is 0.153 e. The van der Waals surface area contributed by atoms with Gasteiger partial charge in [-0.3, -0.25) is 15.0 Å². The van der Waals surface area contributed by atoms with Gasteiger partial charge in [0, 0.05) is 63.8 Å². The molecular weight excluding hydrogens is 587 g/mol. The van der Waals surface area contributed by atoms with Crippen molar-refractivity contribution in [1.29, 1.82) is 0 Å². The summed E-state index contributed by atoms with van der Waals surface area (Å²) < 4.78 is 2.34. The topological polar surface area (TPSA) is 54.9 Å². The molecule has 5 nitrogen and oxygen atoms in total. The molecule has 2 heterocycles. The van der Waals surface area contributed by atoms with Gasteiger partial charge in [0.1, 0.15) is 0 Å². The highest BCUT2D eigenvalue weighted by Gasteiger charge is 2.14. The van der Waals surface area contributed by atoms with Crippen LogP contribution in [0, 0.1) is 0 Å². The van der Waals surface area contributed by atoms with Crippen LogP contribution in [0.3, 0.4) is 0 Å². The molecule has 0 radical (unpaired) electrons. The summed E-state index contributed by atoms with van der Waals surface area (Å²) in [6.45, 7) is 12.4. The number of aliphatic imine (C=N–C) groups is 3. The lowest BCUT2D eigenvalue weighted by atomic mass is 9.95. The van der Waals surface area contributed by atoms with Crippen LogP contribution in [-0.2, 0) is 6.54 Å². The molecule has 5 heteroatoms. The van der Waals surface area contributed by atoms with Crippen LogP contribution >= 0.6 is 0 Å². The third-order valence-electron chi connectivity index (χ3n) is 8.15. The summed E-state index contributed by atoms with van der Waals surface area (Å²) in [6.07, 6.45) is 20.1. The number of amidine groups is 1. The lowest BCUT2D eigenvalue weighted by Gasteiger charge is -2.12. The summed E-state index contributed by atoms with van der Waals surface area (Å²) in [5, 5.41) is 3.51. The van der Waals surface area contributed by atoms with Gasteiger partial charge in [0.05, 0.1) is 5.52 Å². The molecule has 234 valence electrons. The van der Waals surface area contributed by atoms with Crippen LogP contribution in [0.2, 0.25) is 0 Å². The summed E-state index contributed by atoms with van der Waals surface area (Å²) in [6, 6.07) is 32.2. The Labute approximate surface area is 281 Å². The van der Waals surface area contributed by atoms with Gasteiger partial charge in [-0.25, -0.2) is 4.99 Å². The van der Waals surface area contributed by atoms with Gasteiger partial charge in [0.25, 0.3) is 0 Å². The summed E-state index contributed by atoms with van der Waals surface area (Å²) in [4.78, 5) is 17.8. The molecule has 0 spiro atoms. The zero-order chi connectivity index (χ0) is 33.1. The number of rotatable bonds is 12. The third kappa shape index (κ3) is 7.11. The quantitative estimate of drug-likeness (QED) is 0.0579. The standard InChI is InChI=1S/C43H37N5/c1-4-5-6-7-8-15-24-46-43(45-3)36-28-34(27-35(29-36)37-26-33-17-10-12-19-40(33)47-31-37)32-21-22-42-39(30-32)38-18-11-13-20-41(38)48(42)25-16-9-14-23-44-2/h4-14,16-23,26-31H,1-3,15,24-25H2/b6-5-,8-7-,16-9-,23-14-,46-43?. The average molecular weight is 624 g/mol. The molecule has 0 aliphatic rings. The van der Waals surface area contributed by atoms with Gasteiger partial charge < -0.3 is 4.57 Å². The number of benzene rings is 4. The second-order valence-electron chi connectivity index (χ2n) is 11.2. The SMILES string of the molecule is C=C/C=C\C=C/CCN=C(N=C)c1cc(-c2cnc3ccccc3c2)cc(-c2ccc3c(c2)c2ccccc2n3C/C=C\C=C/N=C)c1. The molecule has 0 unspecified atom stereocenters. The number of hydrogen-bond donors (Lipinski definition) is 0. The van der Waals surface area contributed by atoms with Crippen molar-refractivity contribution < 1.29 is 0 Å². The van der Waals surface area contributed by atoms with Gasteiger partial charge in [-0.05, 0) is 91.2 Å². The lowest BCUT2D eigenvalue weighted by Crippen LogP contribution is -2.00. The first-order valence-electron chi connectivity index (χ1n) is 15.9. The van der Waals surface area contributed by atoms with E-state index in [2.05, 4.69) is 120 Å². The Morgan fingerprint density at radius 1 is 0.708 bits per heavy atom. The second kappa shape index (κ2) is 15.4. The van der Waals surface area contributed by atoms with Crippen LogP contribution in [-0.4, -0.2) is 35.4 Å². The van der Waals surface area contributed by atoms with Crippen molar-refractivity contribution >= 4 is 52.0 Å². The van der Waals surface area contributed by atoms with Gasteiger partial charge >= 0.3 is 0 Å². The number of allylic oxidation sites excluding steroid dienone is 7. The van der Waals surface area contributed by atoms with Crippen molar-refractivity contribution in [3.8, 4) is 22.3 Å². The normalized spacial score (nSPS) is 12.5. The molecule has 0 atom stereocenters. The smallest absolute Gasteiger partial charge is 0.153 e. The van der Waals surface area contributed by atoms with Crippen LogP contribution in [0.15, 0.2) is 174 Å². The van der Waals surface area contributed by atoms with Crippen molar-refractivity contribution in [3.63, 3.8) is 0 Å². The van der Waals surface area contributed by atoms with Gasteiger partial charge in [-0.1, -0.05) is 91.6 Å². The number of nitrogens with zero attached hydrogens (tertiary/aromatic N) is 5. The fourth-order valence-electron chi connectivity index (χ4n) is 5.90. The first-order valence-corrected chi connectivity index (χ1v) is 15.9. The second-order valence-corrected chi connectivity index (χ2v) is 11.2. The predicted octanol–water partition coefficient (Wildman–Crippen LogP) is 10.6. The highest BCUT2D eigenvalue weighted by Crippen LogP contribution is 2.35. The summed E-state index contributed by atoms with van der Waals surface area (Å²) in [5.74, 6) is 0.618. The Hall–Kier alpha value is -6.20. The molecular formula is C43H37N5. The Morgan fingerprint density at radius 3 is 2.35 bits per heavy atom. The molecule has 0 saturated heterocycles. The van der Waals surface area contributed by atoms with E-state index in [1.54, 1.807) is 12.3 Å². The maximum atomic E-state index is 4.84. The number of hydrogen-bond acceptors (Lipinski definition) is 3. The highest BCUT2D eigenvalue weighted by atomic mass is 15.0. The maximum absolute atomic E-state index is 4.84. The molecule has 0 amide bonds.